The predicted molar refractivity (Wildman–Crippen MR) is 87.4 cm³/mol. The maximum atomic E-state index is 12.2. The van der Waals surface area contributed by atoms with Crippen LogP contribution >= 0.6 is 0 Å². The van der Waals surface area contributed by atoms with E-state index in [1.54, 1.807) is 0 Å². The molecule has 6 heteroatoms. The summed E-state index contributed by atoms with van der Waals surface area (Å²) < 4.78 is 0. The number of nitrogens with one attached hydrogen (secondary N) is 1. The highest BCUT2D eigenvalue weighted by Gasteiger charge is 2.28. The van der Waals surface area contributed by atoms with Crippen LogP contribution < -0.4 is 5.32 Å². The van der Waals surface area contributed by atoms with Crippen LogP contribution in [0, 0.1) is 11.8 Å². The molecule has 1 aliphatic rings. The predicted octanol–water partition coefficient (Wildman–Crippen LogP) is 2.28. The molecule has 3 atom stereocenters. The SMILES string of the molecule is CC1CCCC(NC(=O)Cn2nnc(-c3ccccc3)n2)C1C. The highest BCUT2D eigenvalue weighted by atomic mass is 16.2. The van der Waals surface area contributed by atoms with Crippen LogP contribution in [0.4, 0.5) is 0 Å². The zero-order chi connectivity index (χ0) is 16.2. The number of tetrazole rings is 1. The van der Waals surface area contributed by atoms with Crippen molar-refractivity contribution in [3.8, 4) is 11.4 Å². The monoisotopic (exact) mass is 313 g/mol. The van der Waals surface area contributed by atoms with Crippen LogP contribution in [-0.2, 0) is 11.3 Å². The van der Waals surface area contributed by atoms with Crippen molar-refractivity contribution >= 4 is 5.91 Å². The minimum Gasteiger partial charge on any atom is -0.351 e. The first-order valence-electron chi connectivity index (χ1n) is 8.26. The van der Waals surface area contributed by atoms with Gasteiger partial charge in [-0.25, -0.2) is 0 Å². The van der Waals surface area contributed by atoms with Crippen LogP contribution in [0.1, 0.15) is 33.1 Å². The van der Waals surface area contributed by atoms with Crippen LogP contribution in [0.25, 0.3) is 11.4 Å². The Bertz CT molecular complexity index is 654. The largest absolute Gasteiger partial charge is 0.351 e. The second-order valence-corrected chi connectivity index (χ2v) is 6.45. The first-order chi connectivity index (χ1) is 11.1. The Morgan fingerprint density at radius 2 is 2.04 bits per heavy atom. The number of hydrogen-bond acceptors (Lipinski definition) is 4. The Labute approximate surface area is 136 Å². The minimum absolute atomic E-state index is 0.0482. The number of aromatic nitrogens is 4. The fourth-order valence-corrected chi connectivity index (χ4v) is 3.18. The summed E-state index contributed by atoms with van der Waals surface area (Å²) in [6.07, 6.45) is 3.48. The summed E-state index contributed by atoms with van der Waals surface area (Å²) in [5.41, 5.74) is 0.897. The molecule has 1 aromatic heterocycles. The van der Waals surface area contributed by atoms with E-state index >= 15 is 0 Å². The van der Waals surface area contributed by atoms with Gasteiger partial charge < -0.3 is 5.32 Å². The van der Waals surface area contributed by atoms with Crippen molar-refractivity contribution in [1.82, 2.24) is 25.5 Å². The fourth-order valence-electron chi connectivity index (χ4n) is 3.18. The van der Waals surface area contributed by atoms with E-state index in [1.807, 2.05) is 30.3 Å². The Morgan fingerprint density at radius 3 is 2.83 bits per heavy atom. The Hall–Kier alpha value is -2.24. The number of carbonyl (C=O) groups excluding carboxylic acids is 1. The van der Waals surface area contributed by atoms with Gasteiger partial charge in [-0.3, -0.25) is 4.79 Å². The van der Waals surface area contributed by atoms with Crippen LogP contribution in [0.2, 0.25) is 0 Å². The van der Waals surface area contributed by atoms with Gasteiger partial charge in [-0.1, -0.05) is 57.0 Å². The molecule has 1 saturated carbocycles. The second-order valence-electron chi connectivity index (χ2n) is 6.45. The molecule has 0 radical (unpaired) electrons. The summed E-state index contributed by atoms with van der Waals surface area (Å²) in [4.78, 5) is 13.6. The van der Waals surface area contributed by atoms with E-state index in [1.165, 1.54) is 17.6 Å². The van der Waals surface area contributed by atoms with E-state index in [9.17, 15) is 4.79 Å². The summed E-state index contributed by atoms with van der Waals surface area (Å²) in [5.74, 6) is 1.66. The number of nitrogens with zero attached hydrogens (tertiary/aromatic N) is 4. The standard InChI is InChI=1S/C17H23N5O/c1-12-7-6-10-15(13(12)2)18-16(23)11-22-20-17(19-21-22)14-8-4-3-5-9-14/h3-5,8-9,12-13,15H,6-7,10-11H2,1-2H3,(H,18,23). The molecule has 6 nitrogen and oxygen atoms in total. The molecule has 1 N–H and O–H groups in total. The van der Waals surface area contributed by atoms with Gasteiger partial charge in [0.2, 0.25) is 11.7 Å². The maximum absolute atomic E-state index is 12.2. The quantitative estimate of drug-likeness (QED) is 0.940. The number of amides is 1. The molecular weight excluding hydrogens is 290 g/mol. The fraction of sp³-hybridized carbons (Fsp3) is 0.529. The van der Waals surface area contributed by atoms with Gasteiger partial charge in [0.1, 0.15) is 6.54 Å². The summed E-state index contributed by atoms with van der Waals surface area (Å²) in [7, 11) is 0. The van der Waals surface area contributed by atoms with Gasteiger partial charge in [0.25, 0.3) is 0 Å². The Morgan fingerprint density at radius 1 is 1.26 bits per heavy atom. The van der Waals surface area contributed by atoms with Crippen LogP contribution in [-0.4, -0.2) is 32.2 Å². The zero-order valence-electron chi connectivity index (χ0n) is 13.6. The molecule has 1 amide bonds. The molecule has 1 aliphatic carbocycles. The third-order valence-electron chi connectivity index (χ3n) is 4.82. The summed E-state index contributed by atoms with van der Waals surface area (Å²) in [6, 6.07) is 9.89. The van der Waals surface area contributed by atoms with E-state index < -0.39 is 0 Å². The lowest BCUT2D eigenvalue weighted by molar-refractivity contribution is -0.123. The topological polar surface area (TPSA) is 72.7 Å². The molecular formula is C17H23N5O. The first-order valence-corrected chi connectivity index (χ1v) is 8.26. The molecule has 0 spiro atoms. The van der Waals surface area contributed by atoms with Gasteiger partial charge in [0.15, 0.2) is 0 Å². The Balaban J connectivity index is 1.59. The van der Waals surface area contributed by atoms with Gasteiger partial charge in [-0.2, -0.15) is 4.80 Å². The first kappa shape index (κ1) is 15.6. The van der Waals surface area contributed by atoms with Gasteiger partial charge in [-0.05, 0) is 23.5 Å². The zero-order valence-corrected chi connectivity index (χ0v) is 13.6. The summed E-state index contributed by atoms with van der Waals surface area (Å²) in [5, 5.41) is 15.4. The summed E-state index contributed by atoms with van der Waals surface area (Å²) >= 11 is 0. The maximum Gasteiger partial charge on any atom is 0.243 e. The molecule has 3 unspecified atom stereocenters. The molecule has 0 aliphatic heterocycles. The minimum atomic E-state index is -0.0482. The lowest BCUT2D eigenvalue weighted by Gasteiger charge is -2.34. The molecule has 23 heavy (non-hydrogen) atoms. The van der Waals surface area contributed by atoms with E-state index in [-0.39, 0.29) is 18.5 Å². The van der Waals surface area contributed by atoms with Gasteiger partial charge in [-0.15, -0.1) is 10.2 Å². The highest BCUT2D eigenvalue weighted by Crippen LogP contribution is 2.29. The lowest BCUT2D eigenvalue weighted by atomic mass is 9.78. The number of benzene rings is 1. The van der Waals surface area contributed by atoms with Crippen molar-refractivity contribution in [1.29, 1.82) is 0 Å². The third kappa shape index (κ3) is 3.75. The van der Waals surface area contributed by atoms with E-state index in [4.69, 9.17) is 0 Å². The van der Waals surface area contributed by atoms with Crippen molar-refractivity contribution < 1.29 is 4.79 Å². The molecule has 1 heterocycles. The molecule has 1 aromatic carbocycles. The molecule has 0 saturated heterocycles. The highest BCUT2D eigenvalue weighted by molar-refractivity contribution is 5.75. The molecule has 0 bridgehead atoms. The second kappa shape index (κ2) is 6.89. The lowest BCUT2D eigenvalue weighted by Crippen LogP contribution is -2.45. The molecule has 1 fully saturated rings. The van der Waals surface area contributed by atoms with E-state index in [2.05, 4.69) is 34.6 Å². The normalized spacial score (nSPS) is 24.3. The van der Waals surface area contributed by atoms with Crippen LogP contribution in [0.15, 0.2) is 30.3 Å². The van der Waals surface area contributed by atoms with Gasteiger partial charge in [0.05, 0.1) is 0 Å². The van der Waals surface area contributed by atoms with Crippen molar-refractivity contribution in [3.05, 3.63) is 30.3 Å². The van der Waals surface area contributed by atoms with E-state index in [0.29, 0.717) is 17.7 Å². The molecule has 122 valence electrons. The van der Waals surface area contributed by atoms with Crippen LogP contribution in [0.5, 0.6) is 0 Å². The van der Waals surface area contributed by atoms with E-state index in [0.717, 1.165) is 12.0 Å². The van der Waals surface area contributed by atoms with Crippen LogP contribution in [0.3, 0.4) is 0 Å². The summed E-state index contributed by atoms with van der Waals surface area (Å²) in [6.45, 7) is 4.58. The van der Waals surface area contributed by atoms with Gasteiger partial charge in [0, 0.05) is 11.6 Å². The van der Waals surface area contributed by atoms with Crippen molar-refractivity contribution in [2.45, 2.75) is 45.7 Å². The number of hydrogen-bond donors (Lipinski definition) is 1. The average molecular weight is 313 g/mol. The van der Waals surface area contributed by atoms with Crippen molar-refractivity contribution in [3.63, 3.8) is 0 Å². The smallest absolute Gasteiger partial charge is 0.243 e. The van der Waals surface area contributed by atoms with Gasteiger partial charge >= 0.3 is 0 Å². The Kier molecular flexibility index (Phi) is 4.69. The number of carbonyl (C=O) groups is 1. The molecule has 2 aromatic rings. The molecule has 3 rings (SSSR count). The third-order valence-corrected chi connectivity index (χ3v) is 4.82. The van der Waals surface area contributed by atoms with Crippen molar-refractivity contribution in [2.75, 3.05) is 0 Å². The average Bonchev–Trinajstić information content (AvgIpc) is 3.01. The van der Waals surface area contributed by atoms with Crippen molar-refractivity contribution in [2.24, 2.45) is 11.8 Å². The number of rotatable bonds is 4.